The van der Waals surface area contributed by atoms with Crippen molar-refractivity contribution in [2.45, 2.75) is 38.5 Å². The first-order valence-corrected chi connectivity index (χ1v) is 7.89. The van der Waals surface area contributed by atoms with Gasteiger partial charge >= 0.3 is 5.97 Å². The smallest absolute Gasteiger partial charge is 0.314 e. The molecule has 0 aromatic heterocycles. The van der Waals surface area contributed by atoms with E-state index in [-0.39, 0.29) is 16.3 Å². The molecule has 1 N–H and O–H groups in total. The summed E-state index contributed by atoms with van der Waals surface area (Å²) >= 11 is 1.94. The van der Waals surface area contributed by atoms with E-state index in [2.05, 4.69) is 26.1 Å². The van der Waals surface area contributed by atoms with Gasteiger partial charge in [-0.15, -0.1) is 11.8 Å². The Morgan fingerprint density at radius 2 is 2.22 bits per heavy atom. The number of hydrogen-bond donors (Lipinski definition) is 1. The zero-order chi connectivity index (χ0) is 13.2. The predicted molar refractivity (Wildman–Crippen MR) is 73.3 cm³/mol. The van der Waals surface area contributed by atoms with Crippen LogP contribution in [0.1, 0.15) is 33.6 Å². The summed E-state index contributed by atoms with van der Waals surface area (Å²) in [6.07, 6.45) is 2.32. The van der Waals surface area contributed by atoms with Gasteiger partial charge in [-0.2, -0.15) is 0 Å². The topological polar surface area (TPSA) is 38.3 Å². The van der Waals surface area contributed by atoms with Gasteiger partial charge in [0.05, 0.1) is 17.4 Å². The molecule has 4 unspecified atom stereocenters. The van der Waals surface area contributed by atoms with E-state index < -0.39 is 0 Å². The lowest BCUT2D eigenvalue weighted by Crippen LogP contribution is -2.54. The number of rotatable bonds is 2. The van der Waals surface area contributed by atoms with Crippen LogP contribution in [0, 0.1) is 22.7 Å². The number of fused-ring (bicyclic) bond motifs is 1. The maximum atomic E-state index is 12.4. The maximum Gasteiger partial charge on any atom is 0.314 e. The van der Waals surface area contributed by atoms with Crippen LogP contribution in [0.15, 0.2) is 0 Å². The van der Waals surface area contributed by atoms with E-state index in [1.165, 1.54) is 13.5 Å². The fourth-order valence-electron chi connectivity index (χ4n) is 4.56. The molecule has 1 aliphatic heterocycles. The van der Waals surface area contributed by atoms with Gasteiger partial charge in [0, 0.05) is 12.3 Å². The molecule has 3 rings (SSSR count). The Labute approximate surface area is 113 Å². The van der Waals surface area contributed by atoms with E-state index in [4.69, 9.17) is 4.74 Å². The van der Waals surface area contributed by atoms with Crippen LogP contribution >= 0.6 is 11.8 Å². The van der Waals surface area contributed by atoms with Gasteiger partial charge in [-0.3, -0.25) is 4.79 Å². The first kappa shape index (κ1) is 12.8. The minimum Gasteiger partial charge on any atom is -0.469 e. The lowest BCUT2D eigenvalue weighted by atomic mass is 9.80. The quantitative estimate of drug-likeness (QED) is 0.781. The minimum atomic E-state index is -0.354. The highest BCUT2D eigenvalue weighted by Crippen LogP contribution is 2.79. The maximum absolute atomic E-state index is 12.4. The molecule has 102 valence electrons. The molecule has 0 amide bonds. The van der Waals surface area contributed by atoms with Gasteiger partial charge in [0.25, 0.3) is 0 Å². The molecule has 1 heterocycles. The van der Waals surface area contributed by atoms with Crippen molar-refractivity contribution >= 4 is 17.7 Å². The lowest BCUT2D eigenvalue weighted by molar-refractivity contribution is -0.154. The predicted octanol–water partition coefficient (Wildman–Crippen LogP) is 2.26. The summed E-state index contributed by atoms with van der Waals surface area (Å²) in [4.78, 5) is 12.3. The number of methoxy groups -OCH3 is 1. The standard InChI is InChI=1S/C14H23NO2S/c1-9(2)13-7-10(13)12(3,11(16)17-4)14(8-13)15-5-6-18-14/h9-10,15H,5-8H2,1-4H3. The van der Waals surface area contributed by atoms with Crippen LogP contribution in [0.4, 0.5) is 0 Å². The highest BCUT2D eigenvalue weighted by atomic mass is 32.2. The van der Waals surface area contributed by atoms with E-state index in [1.54, 1.807) is 0 Å². The summed E-state index contributed by atoms with van der Waals surface area (Å²) in [7, 11) is 1.53. The Bertz CT molecular complexity index is 391. The van der Waals surface area contributed by atoms with Crippen LogP contribution in [-0.2, 0) is 9.53 Å². The Hall–Kier alpha value is -0.220. The van der Waals surface area contributed by atoms with Gasteiger partial charge < -0.3 is 10.1 Å². The van der Waals surface area contributed by atoms with Crippen molar-refractivity contribution < 1.29 is 9.53 Å². The highest BCUT2D eigenvalue weighted by Gasteiger charge is 2.80. The summed E-state index contributed by atoms with van der Waals surface area (Å²) < 4.78 is 5.15. The fraction of sp³-hybridized carbons (Fsp3) is 0.929. The van der Waals surface area contributed by atoms with Gasteiger partial charge in [-0.1, -0.05) is 13.8 Å². The normalized spacial score (nSPS) is 49.7. The Morgan fingerprint density at radius 3 is 2.72 bits per heavy atom. The largest absolute Gasteiger partial charge is 0.469 e. The average Bonchev–Trinajstić information content (AvgIpc) is 2.80. The second-order valence-corrected chi connectivity index (χ2v) is 8.01. The van der Waals surface area contributed by atoms with Crippen molar-refractivity contribution in [1.29, 1.82) is 0 Å². The van der Waals surface area contributed by atoms with Gasteiger partial charge in [0.15, 0.2) is 0 Å². The Balaban J connectivity index is 2.02. The molecule has 0 bridgehead atoms. The molecule has 0 aromatic carbocycles. The second-order valence-electron chi connectivity index (χ2n) is 6.62. The number of nitrogens with one attached hydrogen (secondary N) is 1. The number of hydrogen-bond acceptors (Lipinski definition) is 4. The fourth-order valence-corrected chi connectivity index (χ4v) is 6.21. The third-order valence-electron chi connectivity index (χ3n) is 5.85. The van der Waals surface area contributed by atoms with E-state index in [1.807, 2.05) is 11.8 Å². The molecule has 1 saturated heterocycles. The number of ether oxygens (including phenoxy) is 1. The number of carbonyl (C=O) groups is 1. The molecule has 18 heavy (non-hydrogen) atoms. The minimum absolute atomic E-state index is 0.0191. The molecule has 0 radical (unpaired) electrons. The molecule has 4 heteroatoms. The van der Waals surface area contributed by atoms with Crippen LogP contribution < -0.4 is 5.32 Å². The van der Waals surface area contributed by atoms with Gasteiger partial charge in [-0.05, 0) is 37.0 Å². The number of esters is 1. The molecule has 3 fully saturated rings. The van der Waals surface area contributed by atoms with Crippen LogP contribution in [0.2, 0.25) is 0 Å². The number of thioether (sulfide) groups is 1. The van der Waals surface area contributed by atoms with E-state index in [0.29, 0.717) is 17.3 Å². The zero-order valence-corrected chi connectivity index (χ0v) is 12.5. The van der Waals surface area contributed by atoms with Crippen molar-refractivity contribution in [3.63, 3.8) is 0 Å². The molecule has 1 spiro atoms. The molecular weight excluding hydrogens is 246 g/mol. The average molecular weight is 269 g/mol. The highest BCUT2D eigenvalue weighted by molar-refractivity contribution is 8.01. The molecule has 3 nitrogen and oxygen atoms in total. The first-order valence-electron chi connectivity index (χ1n) is 6.90. The van der Waals surface area contributed by atoms with Crippen LogP contribution in [0.3, 0.4) is 0 Å². The van der Waals surface area contributed by atoms with Gasteiger partial charge in [0.2, 0.25) is 0 Å². The van der Waals surface area contributed by atoms with Crippen LogP contribution in [0.25, 0.3) is 0 Å². The van der Waals surface area contributed by atoms with E-state index in [0.717, 1.165) is 18.7 Å². The SMILES string of the molecule is COC(=O)C1(C)C2CC2(C(C)C)CC12NCCS2. The van der Waals surface area contributed by atoms with Crippen molar-refractivity contribution in [2.24, 2.45) is 22.7 Å². The second kappa shape index (κ2) is 3.66. The summed E-state index contributed by atoms with van der Waals surface area (Å²) in [5, 5.41) is 3.64. The molecule has 2 aliphatic carbocycles. The van der Waals surface area contributed by atoms with Crippen molar-refractivity contribution in [2.75, 3.05) is 19.4 Å². The van der Waals surface area contributed by atoms with Crippen molar-refractivity contribution in [3.05, 3.63) is 0 Å². The molecular formula is C14H23NO2S. The Kier molecular flexibility index (Phi) is 2.60. The molecule has 3 aliphatic rings. The van der Waals surface area contributed by atoms with E-state index >= 15 is 0 Å². The van der Waals surface area contributed by atoms with Crippen molar-refractivity contribution in [1.82, 2.24) is 5.32 Å². The summed E-state index contributed by atoms with van der Waals surface area (Å²) in [5.74, 6) is 2.23. The monoisotopic (exact) mass is 269 g/mol. The van der Waals surface area contributed by atoms with Crippen molar-refractivity contribution in [3.8, 4) is 0 Å². The summed E-state index contributed by atoms with van der Waals surface area (Å²) in [6, 6.07) is 0. The summed E-state index contributed by atoms with van der Waals surface area (Å²) in [5.41, 5.74) is 0.0144. The third-order valence-corrected chi connectivity index (χ3v) is 7.47. The lowest BCUT2D eigenvalue weighted by Gasteiger charge is -2.40. The third kappa shape index (κ3) is 1.24. The van der Waals surface area contributed by atoms with Crippen LogP contribution in [-0.4, -0.2) is 30.2 Å². The molecule has 4 atom stereocenters. The summed E-state index contributed by atoms with van der Waals surface area (Å²) in [6.45, 7) is 7.75. The van der Waals surface area contributed by atoms with Gasteiger partial charge in [-0.25, -0.2) is 0 Å². The number of carbonyl (C=O) groups excluding carboxylic acids is 1. The first-order chi connectivity index (χ1) is 8.43. The zero-order valence-electron chi connectivity index (χ0n) is 11.7. The van der Waals surface area contributed by atoms with Crippen LogP contribution in [0.5, 0.6) is 0 Å². The molecule has 0 aromatic rings. The van der Waals surface area contributed by atoms with E-state index in [9.17, 15) is 4.79 Å². The molecule has 2 saturated carbocycles. The Morgan fingerprint density at radius 1 is 1.50 bits per heavy atom. The van der Waals surface area contributed by atoms with Gasteiger partial charge in [0.1, 0.15) is 0 Å².